The van der Waals surface area contributed by atoms with Crippen molar-refractivity contribution in [2.24, 2.45) is 5.73 Å². The topological polar surface area (TPSA) is 80.0 Å². The molecule has 2 bridgehead atoms. The van der Waals surface area contributed by atoms with Crippen molar-refractivity contribution in [3.05, 3.63) is 23.5 Å². The average Bonchev–Trinajstić information content (AvgIpc) is 3.17. The van der Waals surface area contributed by atoms with Gasteiger partial charge in [-0.2, -0.15) is 0 Å². The van der Waals surface area contributed by atoms with Gasteiger partial charge in [-0.1, -0.05) is 44.5 Å². The molecule has 1 amide bonds. The molecule has 0 radical (unpaired) electrons. The van der Waals surface area contributed by atoms with Gasteiger partial charge in [0.2, 0.25) is 5.79 Å². The van der Waals surface area contributed by atoms with Crippen molar-refractivity contribution in [1.29, 1.82) is 0 Å². The number of carbonyl (C=O) groups is 1. The molecule has 1 unspecified atom stereocenters. The fraction of sp³-hybridized carbons (Fsp3) is 0.591. The van der Waals surface area contributed by atoms with Gasteiger partial charge in [-0.05, 0) is 35.9 Å². The van der Waals surface area contributed by atoms with E-state index in [0.717, 1.165) is 23.7 Å². The van der Waals surface area contributed by atoms with Crippen molar-refractivity contribution >= 4 is 14.4 Å². The minimum Gasteiger partial charge on any atom is -0.409 e. The molecule has 2 N–H and O–H groups in total. The molecule has 0 aromatic carbocycles. The summed E-state index contributed by atoms with van der Waals surface area (Å²) >= 11 is 0. The smallest absolute Gasteiger partial charge is 0.409 e. The Kier molecular flexibility index (Phi) is 6.55. The van der Waals surface area contributed by atoms with E-state index in [1.54, 1.807) is 12.2 Å². The Labute approximate surface area is 173 Å². The molecule has 7 heteroatoms. The summed E-state index contributed by atoms with van der Waals surface area (Å²) in [5.41, 5.74) is 5.36. The highest BCUT2D eigenvalue weighted by molar-refractivity contribution is 6.73. The number of hydrogen-bond donors (Lipinski definition) is 1. The lowest BCUT2D eigenvalue weighted by atomic mass is 9.79. The Hall–Kier alpha value is -2.03. The molecule has 29 heavy (non-hydrogen) atoms. The zero-order chi connectivity index (χ0) is 21.0. The first-order chi connectivity index (χ1) is 13.9. The Balaban J connectivity index is 2.16. The second-order valence-corrected chi connectivity index (χ2v) is 12.3. The van der Waals surface area contributed by atoms with Crippen molar-refractivity contribution in [3.8, 4) is 23.7 Å². The van der Waals surface area contributed by atoms with Crippen LogP contribution in [-0.4, -0.2) is 39.0 Å². The molecule has 1 aliphatic heterocycles. The quantitative estimate of drug-likeness (QED) is 0.530. The van der Waals surface area contributed by atoms with Crippen molar-refractivity contribution in [2.75, 3.05) is 13.2 Å². The molecule has 3 rings (SSSR count). The number of primary amides is 1. The number of nitrogens with two attached hydrogens (primary N) is 1. The van der Waals surface area contributed by atoms with Crippen LogP contribution in [-0.2, 0) is 18.6 Å². The maximum atomic E-state index is 11.6. The van der Waals surface area contributed by atoms with Crippen LogP contribution in [0.5, 0.6) is 0 Å². The van der Waals surface area contributed by atoms with Crippen LogP contribution in [0, 0.1) is 23.7 Å². The van der Waals surface area contributed by atoms with Gasteiger partial charge in [0.15, 0.2) is 14.1 Å². The summed E-state index contributed by atoms with van der Waals surface area (Å²) < 4.78 is 24.5. The molecule has 0 saturated carbocycles. The van der Waals surface area contributed by atoms with Crippen molar-refractivity contribution in [3.63, 3.8) is 0 Å². The van der Waals surface area contributed by atoms with E-state index in [9.17, 15) is 4.79 Å². The summed E-state index contributed by atoms with van der Waals surface area (Å²) in [6.45, 7) is 7.36. The number of hydrogen-bond acceptors (Lipinski definition) is 5. The van der Waals surface area contributed by atoms with E-state index in [-0.39, 0.29) is 0 Å². The number of rotatable bonds is 6. The fourth-order valence-electron chi connectivity index (χ4n) is 4.33. The van der Waals surface area contributed by atoms with Gasteiger partial charge in [0.25, 0.3) is 0 Å². The zero-order valence-electron chi connectivity index (χ0n) is 17.4. The van der Waals surface area contributed by atoms with Gasteiger partial charge in [-0.3, -0.25) is 0 Å². The first-order valence-corrected chi connectivity index (χ1v) is 12.8. The molecular weight excluding hydrogens is 386 g/mol. The van der Waals surface area contributed by atoms with Crippen LogP contribution in [0.4, 0.5) is 4.79 Å². The van der Waals surface area contributed by atoms with Crippen LogP contribution in [0.1, 0.15) is 40.0 Å². The third kappa shape index (κ3) is 4.44. The molecule has 3 aliphatic rings. The lowest BCUT2D eigenvalue weighted by Crippen LogP contribution is -2.55. The average molecular weight is 416 g/mol. The molecule has 1 fully saturated rings. The van der Waals surface area contributed by atoms with E-state index in [0.29, 0.717) is 38.2 Å². The number of fused-ring (bicyclic) bond motifs is 2. The van der Waals surface area contributed by atoms with Crippen molar-refractivity contribution in [2.45, 2.75) is 69.6 Å². The van der Waals surface area contributed by atoms with Gasteiger partial charge in [-0.15, -0.1) is 0 Å². The minimum atomic E-state index is -2.01. The standard InChI is InChI=1S/C22H29NO5Si/c1-4-29(5-2,6-3)28-21-13-11-9-7-8-10-12-18(16-21)19(27-20(23)24)22(17-21)25-14-15-26-22/h7,9H,4-6,12,14-17H2,1-3H3,(H2,23,24)/b9-7-. The largest absolute Gasteiger partial charge is 0.409 e. The van der Waals surface area contributed by atoms with Crippen LogP contribution in [0.25, 0.3) is 0 Å². The molecule has 1 spiro atoms. The highest BCUT2D eigenvalue weighted by atomic mass is 28.4. The molecule has 2 aliphatic carbocycles. The van der Waals surface area contributed by atoms with E-state index in [1.807, 2.05) is 0 Å². The van der Waals surface area contributed by atoms with Gasteiger partial charge >= 0.3 is 6.09 Å². The predicted molar refractivity (Wildman–Crippen MR) is 112 cm³/mol. The number of allylic oxidation sites excluding steroid dienone is 2. The van der Waals surface area contributed by atoms with Crippen LogP contribution in [0.15, 0.2) is 23.5 Å². The SMILES string of the molecule is CC[Si](CC)(CC)OC12C#C/C=C\C#CCC(=C(OC(N)=O)C3(C1)OCCO3)C2. The van der Waals surface area contributed by atoms with Crippen molar-refractivity contribution in [1.82, 2.24) is 0 Å². The highest BCUT2D eigenvalue weighted by Gasteiger charge is 2.56. The van der Waals surface area contributed by atoms with E-state index < -0.39 is 25.8 Å². The van der Waals surface area contributed by atoms with Gasteiger partial charge in [-0.25, -0.2) is 4.79 Å². The summed E-state index contributed by atoms with van der Waals surface area (Å²) in [4.78, 5) is 11.6. The van der Waals surface area contributed by atoms with Gasteiger partial charge in [0, 0.05) is 19.3 Å². The third-order valence-electron chi connectivity index (χ3n) is 5.94. The summed E-state index contributed by atoms with van der Waals surface area (Å²) in [5, 5.41) is 0. The fourth-order valence-corrected chi connectivity index (χ4v) is 7.29. The zero-order valence-corrected chi connectivity index (χ0v) is 18.4. The second-order valence-electron chi connectivity index (χ2n) is 7.60. The van der Waals surface area contributed by atoms with Crippen LogP contribution in [0.3, 0.4) is 0 Å². The Bertz CT molecular complexity index is 822. The number of ether oxygens (including phenoxy) is 3. The highest BCUT2D eigenvalue weighted by Crippen LogP contribution is 2.49. The normalized spacial score (nSPS) is 26.2. The second kappa shape index (κ2) is 8.77. The summed E-state index contributed by atoms with van der Waals surface area (Å²) in [5.74, 6) is 11.6. The molecule has 1 heterocycles. The summed E-state index contributed by atoms with van der Waals surface area (Å²) in [6.07, 6.45) is 3.78. The molecule has 6 nitrogen and oxygen atoms in total. The first kappa shape index (κ1) is 21.7. The lowest BCUT2D eigenvalue weighted by molar-refractivity contribution is -0.183. The summed E-state index contributed by atoms with van der Waals surface area (Å²) in [6, 6.07) is 2.99. The molecule has 0 aromatic heterocycles. The molecule has 1 saturated heterocycles. The van der Waals surface area contributed by atoms with Crippen LogP contribution in [0.2, 0.25) is 18.1 Å². The minimum absolute atomic E-state index is 0.319. The van der Waals surface area contributed by atoms with E-state index in [1.165, 1.54) is 0 Å². The Morgan fingerprint density at radius 3 is 2.45 bits per heavy atom. The first-order valence-electron chi connectivity index (χ1n) is 10.3. The van der Waals surface area contributed by atoms with Gasteiger partial charge in [0.05, 0.1) is 13.2 Å². The molecular formula is C22H29NO5Si. The third-order valence-corrected chi connectivity index (χ3v) is 10.6. The number of carbonyl (C=O) groups excluding carboxylic acids is 1. The monoisotopic (exact) mass is 415 g/mol. The summed E-state index contributed by atoms with van der Waals surface area (Å²) in [7, 11) is -2.01. The molecule has 156 valence electrons. The van der Waals surface area contributed by atoms with E-state index in [4.69, 9.17) is 24.4 Å². The van der Waals surface area contributed by atoms with Crippen LogP contribution < -0.4 is 5.73 Å². The van der Waals surface area contributed by atoms with Gasteiger partial charge < -0.3 is 24.4 Å². The van der Waals surface area contributed by atoms with E-state index >= 15 is 0 Å². The van der Waals surface area contributed by atoms with Crippen molar-refractivity contribution < 1.29 is 23.4 Å². The van der Waals surface area contributed by atoms with E-state index in [2.05, 4.69) is 44.5 Å². The van der Waals surface area contributed by atoms with Crippen LogP contribution >= 0.6 is 0 Å². The lowest BCUT2D eigenvalue weighted by Gasteiger charge is -2.47. The Morgan fingerprint density at radius 1 is 1.17 bits per heavy atom. The maximum Gasteiger partial charge on any atom is 0.409 e. The number of amides is 1. The molecule has 1 atom stereocenters. The molecule has 0 aromatic rings. The predicted octanol–water partition coefficient (Wildman–Crippen LogP) is 3.60. The maximum absolute atomic E-state index is 11.6. The Morgan fingerprint density at radius 2 is 1.83 bits per heavy atom. The van der Waals surface area contributed by atoms with Gasteiger partial charge in [0.1, 0.15) is 5.60 Å².